The number of imidazole rings is 1. The highest BCUT2D eigenvalue weighted by Gasteiger charge is 2.20. The van der Waals surface area contributed by atoms with Crippen LogP contribution in [0.1, 0.15) is 13.8 Å². The van der Waals surface area contributed by atoms with E-state index in [1.807, 2.05) is 11.5 Å². The zero-order valence-corrected chi connectivity index (χ0v) is 17.5. The first kappa shape index (κ1) is 20.6. The predicted octanol–water partition coefficient (Wildman–Crippen LogP) is 2.87. The third-order valence-corrected chi connectivity index (χ3v) is 6.18. The molecule has 0 spiro atoms. The van der Waals surface area contributed by atoms with Gasteiger partial charge in [-0.3, -0.25) is 4.79 Å². The number of amides is 1. The number of aryl methyl sites for hydroxylation is 1. The summed E-state index contributed by atoms with van der Waals surface area (Å²) < 4.78 is 25.1. The lowest BCUT2D eigenvalue weighted by molar-refractivity contribution is -0.115. The number of carbonyl (C=O) groups excluding carboxylic acids is 1. The van der Waals surface area contributed by atoms with E-state index in [-0.39, 0.29) is 10.8 Å². The topological polar surface area (TPSA) is 120 Å². The van der Waals surface area contributed by atoms with Gasteiger partial charge >= 0.3 is 0 Å². The molecular weight excluding hydrogens is 422 g/mol. The standard InChI is InChI=1S/C17H18ClN5O3S2/c1-3-23-14-6-5-12(28(19,25)26)8-13(14)21-17(23)27-10(2)16(24)22-15-7-4-11(18)9-20-15/h4-10H,3H2,1-2H3,(H2,19,25,26)(H,20,22,24)/t10-/m0/s1. The van der Waals surface area contributed by atoms with E-state index in [0.717, 1.165) is 5.52 Å². The van der Waals surface area contributed by atoms with Crippen molar-refractivity contribution < 1.29 is 13.2 Å². The van der Waals surface area contributed by atoms with Crippen molar-refractivity contribution in [2.75, 3.05) is 5.32 Å². The highest BCUT2D eigenvalue weighted by molar-refractivity contribution is 8.00. The minimum atomic E-state index is -3.82. The van der Waals surface area contributed by atoms with Gasteiger partial charge in [0.1, 0.15) is 5.82 Å². The Morgan fingerprint density at radius 1 is 1.36 bits per heavy atom. The van der Waals surface area contributed by atoms with E-state index in [2.05, 4.69) is 15.3 Å². The maximum absolute atomic E-state index is 12.5. The Morgan fingerprint density at radius 2 is 2.11 bits per heavy atom. The molecule has 8 nitrogen and oxygen atoms in total. The van der Waals surface area contributed by atoms with Crippen molar-refractivity contribution in [2.45, 2.75) is 35.7 Å². The largest absolute Gasteiger partial charge is 0.319 e. The van der Waals surface area contributed by atoms with Gasteiger partial charge in [-0.25, -0.2) is 23.5 Å². The van der Waals surface area contributed by atoms with Crippen LogP contribution in [0.2, 0.25) is 5.02 Å². The number of carbonyl (C=O) groups is 1. The Kier molecular flexibility index (Phi) is 5.94. The van der Waals surface area contributed by atoms with Crippen LogP contribution in [-0.4, -0.2) is 34.1 Å². The van der Waals surface area contributed by atoms with Gasteiger partial charge in [-0.05, 0) is 44.2 Å². The Hall–Kier alpha value is -2.14. The van der Waals surface area contributed by atoms with Crippen molar-refractivity contribution in [1.82, 2.24) is 14.5 Å². The van der Waals surface area contributed by atoms with Gasteiger partial charge in [0, 0.05) is 12.7 Å². The lowest BCUT2D eigenvalue weighted by atomic mass is 10.3. The Bertz CT molecular complexity index is 1130. The van der Waals surface area contributed by atoms with Crippen LogP contribution >= 0.6 is 23.4 Å². The van der Waals surface area contributed by atoms with E-state index >= 15 is 0 Å². The zero-order valence-electron chi connectivity index (χ0n) is 15.1. The molecule has 2 aromatic heterocycles. The number of fused-ring (bicyclic) bond motifs is 1. The summed E-state index contributed by atoms with van der Waals surface area (Å²) in [5, 5.41) is 8.55. The Labute approximate surface area is 171 Å². The van der Waals surface area contributed by atoms with E-state index < -0.39 is 15.3 Å². The van der Waals surface area contributed by atoms with Crippen LogP contribution < -0.4 is 10.5 Å². The summed E-state index contributed by atoms with van der Waals surface area (Å²) in [6.07, 6.45) is 1.45. The number of nitrogens with two attached hydrogens (primary N) is 1. The fraction of sp³-hybridized carbons (Fsp3) is 0.235. The van der Waals surface area contributed by atoms with Crippen molar-refractivity contribution in [2.24, 2.45) is 5.14 Å². The minimum absolute atomic E-state index is 0.00286. The van der Waals surface area contributed by atoms with Crippen LogP contribution in [0.15, 0.2) is 46.6 Å². The van der Waals surface area contributed by atoms with Gasteiger partial charge in [0.05, 0.1) is 26.2 Å². The summed E-state index contributed by atoms with van der Waals surface area (Å²) >= 11 is 7.06. The molecular formula is C17H18ClN5O3S2. The van der Waals surface area contributed by atoms with Crippen LogP contribution in [0.3, 0.4) is 0 Å². The first-order chi connectivity index (χ1) is 13.2. The molecule has 28 heavy (non-hydrogen) atoms. The predicted molar refractivity (Wildman–Crippen MR) is 110 cm³/mol. The summed E-state index contributed by atoms with van der Waals surface area (Å²) in [5.74, 6) is 0.170. The summed E-state index contributed by atoms with van der Waals surface area (Å²) in [5.41, 5.74) is 1.27. The average molecular weight is 440 g/mol. The second-order valence-corrected chi connectivity index (χ2v) is 9.25. The highest BCUT2D eigenvalue weighted by atomic mass is 35.5. The molecule has 0 saturated heterocycles. The van der Waals surface area contributed by atoms with Crippen molar-refractivity contribution in [3.8, 4) is 0 Å². The van der Waals surface area contributed by atoms with Crippen molar-refractivity contribution >= 4 is 56.1 Å². The third-order valence-electron chi connectivity index (χ3n) is 3.96. The maximum Gasteiger partial charge on any atom is 0.238 e. The van der Waals surface area contributed by atoms with Crippen LogP contribution in [0.4, 0.5) is 5.82 Å². The number of thioether (sulfide) groups is 1. The summed E-state index contributed by atoms with van der Waals surface area (Å²) in [7, 11) is -3.82. The highest BCUT2D eigenvalue weighted by Crippen LogP contribution is 2.29. The summed E-state index contributed by atoms with van der Waals surface area (Å²) in [6.45, 7) is 4.31. The number of sulfonamides is 1. The fourth-order valence-electron chi connectivity index (χ4n) is 2.55. The first-order valence-electron chi connectivity index (χ1n) is 8.31. The molecule has 148 valence electrons. The number of nitrogens with one attached hydrogen (secondary N) is 1. The van der Waals surface area contributed by atoms with Gasteiger partial charge in [-0.1, -0.05) is 23.4 Å². The molecule has 0 radical (unpaired) electrons. The molecule has 2 heterocycles. The number of primary sulfonamides is 1. The van der Waals surface area contributed by atoms with Gasteiger partial charge in [-0.2, -0.15) is 0 Å². The number of aromatic nitrogens is 3. The van der Waals surface area contributed by atoms with E-state index in [4.69, 9.17) is 16.7 Å². The molecule has 11 heteroatoms. The molecule has 0 fully saturated rings. The number of pyridine rings is 1. The number of nitrogens with zero attached hydrogens (tertiary/aromatic N) is 3. The van der Waals surface area contributed by atoms with Gasteiger partial charge in [0.2, 0.25) is 15.9 Å². The molecule has 1 aromatic carbocycles. The molecule has 3 rings (SSSR count). The third kappa shape index (κ3) is 4.46. The van der Waals surface area contributed by atoms with Crippen LogP contribution in [0.25, 0.3) is 11.0 Å². The van der Waals surface area contributed by atoms with Gasteiger partial charge in [-0.15, -0.1) is 0 Å². The van der Waals surface area contributed by atoms with Crippen molar-refractivity contribution in [3.63, 3.8) is 0 Å². The molecule has 0 aliphatic rings. The number of hydrogen-bond donors (Lipinski definition) is 2. The van der Waals surface area contributed by atoms with Gasteiger partial charge in [0.15, 0.2) is 5.16 Å². The number of hydrogen-bond acceptors (Lipinski definition) is 6. The lowest BCUT2D eigenvalue weighted by Crippen LogP contribution is -2.23. The van der Waals surface area contributed by atoms with Crippen LogP contribution in [0, 0.1) is 0 Å². The van der Waals surface area contributed by atoms with E-state index in [1.165, 1.54) is 30.1 Å². The van der Waals surface area contributed by atoms with Crippen molar-refractivity contribution in [3.05, 3.63) is 41.6 Å². The smallest absolute Gasteiger partial charge is 0.238 e. The quantitative estimate of drug-likeness (QED) is 0.570. The molecule has 1 atom stereocenters. The van der Waals surface area contributed by atoms with Gasteiger partial charge < -0.3 is 9.88 Å². The maximum atomic E-state index is 12.5. The monoisotopic (exact) mass is 439 g/mol. The van der Waals surface area contributed by atoms with E-state index in [1.54, 1.807) is 25.1 Å². The molecule has 0 aliphatic carbocycles. The zero-order chi connectivity index (χ0) is 20.5. The average Bonchev–Trinajstić information content (AvgIpc) is 2.98. The molecule has 0 bridgehead atoms. The first-order valence-corrected chi connectivity index (χ1v) is 11.1. The number of halogens is 1. The summed E-state index contributed by atoms with van der Waals surface area (Å²) in [6, 6.07) is 7.80. The Balaban J connectivity index is 1.84. The normalized spacial score (nSPS) is 12.9. The van der Waals surface area contributed by atoms with Crippen LogP contribution in [-0.2, 0) is 21.4 Å². The van der Waals surface area contributed by atoms with Gasteiger partial charge in [0.25, 0.3) is 0 Å². The Morgan fingerprint density at radius 3 is 2.71 bits per heavy atom. The minimum Gasteiger partial charge on any atom is -0.319 e. The van der Waals surface area contributed by atoms with E-state index in [9.17, 15) is 13.2 Å². The van der Waals surface area contributed by atoms with E-state index in [0.29, 0.717) is 28.1 Å². The van der Waals surface area contributed by atoms with Crippen LogP contribution in [0.5, 0.6) is 0 Å². The molecule has 3 aromatic rings. The number of rotatable bonds is 6. The molecule has 1 amide bonds. The number of anilines is 1. The molecule has 0 aliphatic heterocycles. The summed E-state index contributed by atoms with van der Waals surface area (Å²) in [4.78, 5) is 21.0. The number of benzene rings is 1. The molecule has 3 N–H and O–H groups in total. The second kappa shape index (κ2) is 8.08. The molecule has 0 unspecified atom stereocenters. The lowest BCUT2D eigenvalue weighted by Gasteiger charge is -2.12. The molecule has 0 saturated carbocycles. The SMILES string of the molecule is CCn1c(S[C@@H](C)C(=O)Nc2ccc(Cl)cn2)nc2cc(S(N)(=O)=O)ccc21. The second-order valence-electron chi connectivity index (χ2n) is 5.95. The van der Waals surface area contributed by atoms with Crippen molar-refractivity contribution in [1.29, 1.82) is 0 Å². The fourth-order valence-corrected chi connectivity index (χ4v) is 4.18.